The Labute approximate surface area is 140 Å². The van der Waals surface area contributed by atoms with Gasteiger partial charge in [0.1, 0.15) is 4.88 Å². The largest absolute Gasteiger partial charge is 0.465 e. The number of hydrogen-bond donors (Lipinski definition) is 1. The first-order valence-corrected chi connectivity index (χ1v) is 7.92. The summed E-state index contributed by atoms with van der Waals surface area (Å²) in [6.07, 6.45) is 1.72. The standard InChI is InChI=1S/C15H14N4O4S/c1-23-14(21)10-5-6-13(24-10)16-12(20)7-9-19-15(22)18-8-3-2-4-11(18)17-19/h2-6,8H,7,9H2,1H3,(H,16,20). The lowest BCUT2D eigenvalue weighted by molar-refractivity contribution is -0.116. The highest BCUT2D eigenvalue weighted by molar-refractivity contribution is 7.18. The molecule has 0 radical (unpaired) electrons. The second-order valence-corrected chi connectivity index (χ2v) is 5.97. The Bertz CT molecular complexity index is 956. The Morgan fingerprint density at radius 3 is 2.88 bits per heavy atom. The number of thiophene rings is 1. The molecule has 0 bridgehead atoms. The predicted molar refractivity (Wildman–Crippen MR) is 88.4 cm³/mol. The fourth-order valence-corrected chi connectivity index (χ4v) is 2.98. The molecule has 1 N–H and O–H groups in total. The monoisotopic (exact) mass is 346 g/mol. The van der Waals surface area contributed by atoms with E-state index in [9.17, 15) is 14.4 Å². The molecule has 0 unspecified atom stereocenters. The summed E-state index contributed by atoms with van der Waals surface area (Å²) in [5, 5.41) is 7.39. The molecule has 124 valence electrons. The van der Waals surface area contributed by atoms with E-state index >= 15 is 0 Å². The molecule has 3 rings (SSSR count). The number of aryl methyl sites for hydroxylation is 1. The van der Waals surface area contributed by atoms with Crippen LogP contribution >= 0.6 is 11.3 Å². The van der Waals surface area contributed by atoms with Gasteiger partial charge in [-0.05, 0) is 24.3 Å². The molecule has 0 aliphatic carbocycles. The summed E-state index contributed by atoms with van der Waals surface area (Å²) in [7, 11) is 1.30. The number of fused-ring (bicyclic) bond motifs is 1. The van der Waals surface area contributed by atoms with Crippen LogP contribution in [0.25, 0.3) is 5.65 Å². The molecule has 0 saturated carbocycles. The number of methoxy groups -OCH3 is 1. The summed E-state index contributed by atoms with van der Waals surface area (Å²) >= 11 is 1.13. The maximum Gasteiger partial charge on any atom is 0.350 e. The van der Waals surface area contributed by atoms with Crippen LogP contribution in [-0.4, -0.2) is 33.2 Å². The first kappa shape index (κ1) is 15.9. The van der Waals surface area contributed by atoms with E-state index in [1.54, 1.807) is 36.5 Å². The van der Waals surface area contributed by atoms with Crippen molar-refractivity contribution in [2.75, 3.05) is 12.4 Å². The van der Waals surface area contributed by atoms with Crippen LogP contribution in [0.5, 0.6) is 0 Å². The Hall–Kier alpha value is -2.94. The molecule has 8 nitrogen and oxygen atoms in total. The molecule has 0 aliphatic rings. The van der Waals surface area contributed by atoms with Gasteiger partial charge in [-0.15, -0.1) is 16.4 Å². The highest BCUT2D eigenvalue weighted by atomic mass is 32.1. The lowest BCUT2D eigenvalue weighted by Crippen LogP contribution is -2.23. The van der Waals surface area contributed by atoms with Crippen LogP contribution in [0.2, 0.25) is 0 Å². The number of carbonyl (C=O) groups is 2. The smallest absolute Gasteiger partial charge is 0.350 e. The van der Waals surface area contributed by atoms with Gasteiger partial charge < -0.3 is 10.1 Å². The van der Waals surface area contributed by atoms with Crippen LogP contribution in [0, 0.1) is 0 Å². The van der Waals surface area contributed by atoms with E-state index in [0.717, 1.165) is 11.3 Å². The number of amides is 1. The van der Waals surface area contributed by atoms with E-state index in [1.807, 2.05) is 0 Å². The second kappa shape index (κ2) is 6.67. The van der Waals surface area contributed by atoms with Gasteiger partial charge in [-0.2, -0.15) is 0 Å². The molecular weight excluding hydrogens is 332 g/mol. The molecular formula is C15H14N4O4S. The minimum atomic E-state index is -0.447. The fourth-order valence-electron chi connectivity index (χ4n) is 2.14. The van der Waals surface area contributed by atoms with Crippen LogP contribution in [-0.2, 0) is 16.1 Å². The summed E-state index contributed by atoms with van der Waals surface area (Å²) in [6, 6.07) is 8.46. The molecule has 3 aromatic rings. The zero-order chi connectivity index (χ0) is 17.1. The quantitative estimate of drug-likeness (QED) is 0.704. The van der Waals surface area contributed by atoms with Crippen molar-refractivity contribution in [2.24, 2.45) is 0 Å². The molecule has 0 aliphatic heterocycles. The Morgan fingerprint density at radius 1 is 1.29 bits per heavy atom. The average molecular weight is 346 g/mol. The highest BCUT2D eigenvalue weighted by Gasteiger charge is 2.12. The number of rotatable bonds is 5. The van der Waals surface area contributed by atoms with E-state index in [0.29, 0.717) is 15.5 Å². The third-order valence-electron chi connectivity index (χ3n) is 3.29. The maximum absolute atomic E-state index is 12.1. The third-order valence-corrected chi connectivity index (χ3v) is 4.28. The van der Waals surface area contributed by atoms with Crippen LogP contribution in [0.3, 0.4) is 0 Å². The van der Waals surface area contributed by atoms with Crippen LogP contribution in [0.15, 0.2) is 41.3 Å². The van der Waals surface area contributed by atoms with E-state index in [1.165, 1.54) is 16.2 Å². The SMILES string of the molecule is COC(=O)c1ccc(NC(=O)CCn2nc3ccccn3c2=O)s1. The summed E-state index contributed by atoms with van der Waals surface area (Å²) < 4.78 is 7.28. The molecule has 1 amide bonds. The number of pyridine rings is 1. The number of carbonyl (C=O) groups excluding carboxylic acids is 2. The molecule has 0 atom stereocenters. The van der Waals surface area contributed by atoms with Gasteiger partial charge in [-0.25, -0.2) is 14.3 Å². The van der Waals surface area contributed by atoms with Gasteiger partial charge in [-0.1, -0.05) is 6.07 Å². The van der Waals surface area contributed by atoms with Gasteiger partial charge >= 0.3 is 11.7 Å². The van der Waals surface area contributed by atoms with Gasteiger partial charge in [0, 0.05) is 12.6 Å². The number of hydrogen-bond acceptors (Lipinski definition) is 6. The number of nitrogens with zero attached hydrogens (tertiary/aromatic N) is 3. The van der Waals surface area contributed by atoms with Crippen molar-refractivity contribution in [1.29, 1.82) is 0 Å². The molecule has 0 spiro atoms. The van der Waals surface area contributed by atoms with Crippen molar-refractivity contribution in [1.82, 2.24) is 14.2 Å². The van der Waals surface area contributed by atoms with Gasteiger partial charge in [-0.3, -0.25) is 9.20 Å². The third kappa shape index (κ3) is 3.20. The van der Waals surface area contributed by atoms with Crippen LogP contribution in [0.1, 0.15) is 16.1 Å². The van der Waals surface area contributed by atoms with E-state index in [4.69, 9.17) is 0 Å². The van der Waals surface area contributed by atoms with Crippen LogP contribution < -0.4 is 11.0 Å². The van der Waals surface area contributed by atoms with Gasteiger partial charge in [0.15, 0.2) is 5.65 Å². The Kier molecular flexibility index (Phi) is 4.43. The normalized spacial score (nSPS) is 10.7. The zero-order valence-electron chi connectivity index (χ0n) is 12.8. The minimum Gasteiger partial charge on any atom is -0.465 e. The lowest BCUT2D eigenvalue weighted by atomic mass is 10.4. The summed E-state index contributed by atoms with van der Waals surface area (Å²) in [5.41, 5.74) is 0.242. The highest BCUT2D eigenvalue weighted by Crippen LogP contribution is 2.22. The molecule has 9 heteroatoms. The number of aromatic nitrogens is 3. The van der Waals surface area contributed by atoms with E-state index < -0.39 is 5.97 Å². The van der Waals surface area contributed by atoms with Gasteiger partial charge in [0.05, 0.1) is 18.7 Å². The predicted octanol–water partition coefficient (Wildman–Crippen LogP) is 1.37. The Balaban J connectivity index is 1.63. The van der Waals surface area contributed by atoms with Crippen molar-refractivity contribution in [3.63, 3.8) is 0 Å². The van der Waals surface area contributed by atoms with Gasteiger partial charge in [0.2, 0.25) is 5.91 Å². The number of anilines is 1. The second-order valence-electron chi connectivity index (χ2n) is 4.89. The summed E-state index contributed by atoms with van der Waals surface area (Å²) in [5.74, 6) is -0.714. The first-order chi connectivity index (χ1) is 11.6. The van der Waals surface area contributed by atoms with Crippen molar-refractivity contribution in [3.8, 4) is 0 Å². The number of ether oxygens (including phenoxy) is 1. The molecule has 3 heterocycles. The topological polar surface area (TPSA) is 94.7 Å². The average Bonchev–Trinajstić information content (AvgIpc) is 3.17. The van der Waals surface area contributed by atoms with Gasteiger partial charge in [0.25, 0.3) is 0 Å². The van der Waals surface area contributed by atoms with Crippen molar-refractivity contribution in [3.05, 3.63) is 51.9 Å². The lowest BCUT2D eigenvalue weighted by Gasteiger charge is -2.02. The molecule has 0 fully saturated rings. The minimum absolute atomic E-state index is 0.0925. The van der Waals surface area contributed by atoms with E-state index in [-0.39, 0.29) is 24.6 Å². The van der Waals surface area contributed by atoms with Crippen molar-refractivity contribution < 1.29 is 14.3 Å². The Morgan fingerprint density at radius 2 is 2.12 bits per heavy atom. The van der Waals surface area contributed by atoms with Crippen LogP contribution in [0.4, 0.5) is 5.00 Å². The molecule has 24 heavy (non-hydrogen) atoms. The maximum atomic E-state index is 12.1. The first-order valence-electron chi connectivity index (χ1n) is 7.10. The fraction of sp³-hybridized carbons (Fsp3) is 0.200. The van der Waals surface area contributed by atoms with E-state index in [2.05, 4.69) is 15.2 Å². The summed E-state index contributed by atoms with van der Waals surface area (Å²) in [4.78, 5) is 35.9. The molecule has 3 aromatic heterocycles. The molecule has 0 saturated heterocycles. The van der Waals surface area contributed by atoms with Crippen molar-refractivity contribution in [2.45, 2.75) is 13.0 Å². The van der Waals surface area contributed by atoms with Crippen molar-refractivity contribution >= 4 is 33.9 Å². The number of nitrogens with one attached hydrogen (secondary N) is 1. The number of esters is 1. The molecule has 0 aromatic carbocycles. The zero-order valence-corrected chi connectivity index (χ0v) is 13.6. The summed E-state index contributed by atoms with van der Waals surface area (Å²) in [6.45, 7) is 0.168.